The summed E-state index contributed by atoms with van der Waals surface area (Å²) in [6, 6.07) is 12.3. The fraction of sp³-hybridized carbons (Fsp3) is 0.429. The van der Waals surface area contributed by atoms with Crippen molar-refractivity contribution in [3.63, 3.8) is 0 Å². The van der Waals surface area contributed by atoms with Crippen molar-refractivity contribution >= 4 is 11.6 Å². The van der Waals surface area contributed by atoms with Gasteiger partial charge in [-0.25, -0.2) is 0 Å². The molecule has 1 aliphatic heterocycles. The van der Waals surface area contributed by atoms with Crippen LogP contribution in [0, 0.1) is 0 Å². The quantitative estimate of drug-likeness (QED) is 0.434. The van der Waals surface area contributed by atoms with E-state index in [1.807, 2.05) is 24.3 Å². The van der Waals surface area contributed by atoms with Crippen LogP contribution >= 0.6 is 0 Å². The maximum absolute atomic E-state index is 5.66. The molecule has 150 valence electrons. The molecular formula is C21H29N5O2. The van der Waals surface area contributed by atoms with Gasteiger partial charge in [0.15, 0.2) is 5.96 Å². The number of hydrogen-bond acceptors (Lipinski definition) is 5. The molecule has 1 atom stereocenters. The Balaban J connectivity index is 1.47. The van der Waals surface area contributed by atoms with E-state index < -0.39 is 0 Å². The third-order valence-electron chi connectivity index (χ3n) is 4.71. The van der Waals surface area contributed by atoms with Gasteiger partial charge in [-0.15, -0.1) is 0 Å². The number of benzene rings is 1. The molecule has 7 heteroatoms. The number of rotatable bonds is 7. The van der Waals surface area contributed by atoms with Crippen LogP contribution in [0.1, 0.15) is 12.8 Å². The van der Waals surface area contributed by atoms with Gasteiger partial charge in [-0.05, 0) is 37.1 Å². The summed E-state index contributed by atoms with van der Waals surface area (Å²) >= 11 is 0. The van der Waals surface area contributed by atoms with Crippen LogP contribution in [-0.2, 0) is 0 Å². The Labute approximate surface area is 166 Å². The van der Waals surface area contributed by atoms with E-state index in [4.69, 9.17) is 9.47 Å². The van der Waals surface area contributed by atoms with Crippen molar-refractivity contribution < 1.29 is 9.47 Å². The van der Waals surface area contributed by atoms with Crippen LogP contribution in [0.4, 0.5) is 5.69 Å². The molecule has 2 N–H and O–H groups in total. The standard InChI is InChI=1S/C21H29N5O2/c1-22-21(24-12-14-28-18-8-5-11-23-15-18)25-17-7-6-13-26(16-17)19-9-3-4-10-20(19)27-2/h3-5,8-11,15,17H,6-7,12-14,16H2,1-2H3,(H2,22,24,25). The van der Waals surface area contributed by atoms with Gasteiger partial charge in [-0.1, -0.05) is 12.1 Å². The SMILES string of the molecule is CN=C(NCCOc1cccnc1)NC1CCCN(c2ccccc2OC)C1. The third-order valence-corrected chi connectivity index (χ3v) is 4.71. The molecule has 1 unspecified atom stereocenters. The molecule has 1 aromatic heterocycles. The van der Waals surface area contributed by atoms with E-state index in [1.54, 1.807) is 26.6 Å². The second-order valence-electron chi connectivity index (χ2n) is 6.64. The smallest absolute Gasteiger partial charge is 0.191 e. The lowest BCUT2D eigenvalue weighted by Gasteiger charge is -2.36. The molecule has 0 aliphatic carbocycles. The summed E-state index contributed by atoms with van der Waals surface area (Å²) < 4.78 is 11.2. The topological polar surface area (TPSA) is 71.0 Å². The average molecular weight is 383 g/mol. The van der Waals surface area contributed by atoms with Gasteiger partial charge in [0.1, 0.15) is 18.1 Å². The van der Waals surface area contributed by atoms with E-state index in [1.165, 1.54) is 0 Å². The minimum absolute atomic E-state index is 0.323. The van der Waals surface area contributed by atoms with E-state index in [0.29, 0.717) is 19.2 Å². The van der Waals surface area contributed by atoms with E-state index in [9.17, 15) is 0 Å². The van der Waals surface area contributed by atoms with E-state index >= 15 is 0 Å². The molecule has 0 radical (unpaired) electrons. The average Bonchev–Trinajstić information content (AvgIpc) is 2.76. The zero-order valence-corrected chi connectivity index (χ0v) is 16.6. The fourth-order valence-corrected chi connectivity index (χ4v) is 3.36. The Morgan fingerprint density at radius 3 is 2.96 bits per heavy atom. The summed E-state index contributed by atoms with van der Waals surface area (Å²) in [5, 5.41) is 6.84. The molecule has 1 aromatic carbocycles. The lowest BCUT2D eigenvalue weighted by Crippen LogP contribution is -2.51. The largest absolute Gasteiger partial charge is 0.495 e. The number of ether oxygens (including phenoxy) is 2. The highest BCUT2D eigenvalue weighted by atomic mass is 16.5. The minimum Gasteiger partial charge on any atom is -0.495 e. The second-order valence-corrected chi connectivity index (χ2v) is 6.64. The lowest BCUT2D eigenvalue weighted by molar-refractivity contribution is 0.320. The maximum Gasteiger partial charge on any atom is 0.191 e. The first-order valence-electron chi connectivity index (χ1n) is 9.68. The normalized spacial score (nSPS) is 17.1. The summed E-state index contributed by atoms with van der Waals surface area (Å²) in [5.41, 5.74) is 1.14. The predicted octanol–water partition coefficient (Wildman–Crippen LogP) is 2.30. The summed E-state index contributed by atoms with van der Waals surface area (Å²) in [6.07, 6.45) is 5.67. The van der Waals surface area contributed by atoms with Crippen LogP contribution in [0.15, 0.2) is 53.8 Å². The highest BCUT2D eigenvalue weighted by Gasteiger charge is 2.22. The summed E-state index contributed by atoms with van der Waals surface area (Å²) in [7, 11) is 3.51. The fourth-order valence-electron chi connectivity index (χ4n) is 3.36. The molecule has 0 saturated carbocycles. The molecule has 28 heavy (non-hydrogen) atoms. The highest BCUT2D eigenvalue weighted by molar-refractivity contribution is 5.80. The number of aromatic nitrogens is 1. The number of para-hydroxylation sites is 2. The van der Waals surface area contributed by atoms with E-state index in [-0.39, 0.29) is 0 Å². The highest BCUT2D eigenvalue weighted by Crippen LogP contribution is 2.29. The molecule has 0 bridgehead atoms. The number of guanidine groups is 1. The van der Waals surface area contributed by atoms with Gasteiger partial charge in [0.05, 0.1) is 25.5 Å². The Morgan fingerprint density at radius 2 is 2.18 bits per heavy atom. The Kier molecular flexibility index (Phi) is 7.35. The lowest BCUT2D eigenvalue weighted by atomic mass is 10.0. The minimum atomic E-state index is 0.323. The van der Waals surface area contributed by atoms with Crippen molar-refractivity contribution in [2.75, 3.05) is 45.3 Å². The molecule has 1 aliphatic rings. The van der Waals surface area contributed by atoms with Crippen molar-refractivity contribution in [2.45, 2.75) is 18.9 Å². The van der Waals surface area contributed by atoms with Crippen molar-refractivity contribution in [1.29, 1.82) is 0 Å². The molecule has 2 heterocycles. The zero-order valence-electron chi connectivity index (χ0n) is 16.6. The van der Waals surface area contributed by atoms with Gasteiger partial charge >= 0.3 is 0 Å². The number of aliphatic imine (C=N–C) groups is 1. The number of nitrogens with zero attached hydrogens (tertiary/aromatic N) is 3. The monoisotopic (exact) mass is 383 g/mol. The summed E-state index contributed by atoms with van der Waals surface area (Å²) in [4.78, 5) is 10.8. The molecule has 0 amide bonds. The van der Waals surface area contributed by atoms with E-state index in [2.05, 4.69) is 37.6 Å². The van der Waals surface area contributed by atoms with Crippen LogP contribution < -0.4 is 25.0 Å². The van der Waals surface area contributed by atoms with Crippen LogP contribution in [0.25, 0.3) is 0 Å². The molecule has 2 aromatic rings. The number of methoxy groups -OCH3 is 1. The zero-order chi connectivity index (χ0) is 19.6. The van der Waals surface area contributed by atoms with Gasteiger partial charge < -0.3 is 25.0 Å². The van der Waals surface area contributed by atoms with Crippen LogP contribution in [-0.4, -0.2) is 57.4 Å². The number of anilines is 1. The first kappa shape index (κ1) is 19.8. The summed E-state index contributed by atoms with van der Waals surface area (Å²) in [5.74, 6) is 2.48. The molecule has 1 saturated heterocycles. The van der Waals surface area contributed by atoms with Gasteiger partial charge in [0.2, 0.25) is 0 Å². The third kappa shape index (κ3) is 5.52. The first-order chi connectivity index (χ1) is 13.8. The number of nitrogens with one attached hydrogen (secondary N) is 2. The van der Waals surface area contributed by atoms with Crippen LogP contribution in [0.5, 0.6) is 11.5 Å². The van der Waals surface area contributed by atoms with Crippen molar-refractivity contribution in [3.05, 3.63) is 48.8 Å². The second kappa shape index (κ2) is 10.4. The van der Waals surface area contributed by atoms with Crippen molar-refractivity contribution in [3.8, 4) is 11.5 Å². The number of pyridine rings is 1. The van der Waals surface area contributed by atoms with Crippen molar-refractivity contribution in [1.82, 2.24) is 15.6 Å². The van der Waals surface area contributed by atoms with Crippen LogP contribution in [0.2, 0.25) is 0 Å². The van der Waals surface area contributed by atoms with E-state index in [0.717, 1.165) is 49.1 Å². The Morgan fingerprint density at radius 1 is 1.29 bits per heavy atom. The first-order valence-corrected chi connectivity index (χ1v) is 9.68. The molecule has 1 fully saturated rings. The molecule has 0 spiro atoms. The molecule has 3 rings (SSSR count). The van der Waals surface area contributed by atoms with Gasteiger partial charge in [-0.3, -0.25) is 9.98 Å². The van der Waals surface area contributed by atoms with Crippen molar-refractivity contribution in [2.24, 2.45) is 4.99 Å². The van der Waals surface area contributed by atoms with Gasteiger partial charge in [0.25, 0.3) is 0 Å². The summed E-state index contributed by atoms with van der Waals surface area (Å²) in [6.45, 7) is 3.15. The molecule has 7 nitrogen and oxygen atoms in total. The van der Waals surface area contributed by atoms with Gasteiger partial charge in [0, 0.05) is 32.4 Å². The van der Waals surface area contributed by atoms with Gasteiger partial charge in [-0.2, -0.15) is 0 Å². The van der Waals surface area contributed by atoms with Crippen LogP contribution in [0.3, 0.4) is 0 Å². The number of hydrogen-bond donors (Lipinski definition) is 2. The maximum atomic E-state index is 5.66. The Bertz CT molecular complexity index is 753. The molecular weight excluding hydrogens is 354 g/mol. The number of piperidine rings is 1. The predicted molar refractivity (Wildman–Crippen MR) is 112 cm³/mol. The Hall–Kier alpha value is -2.96.